The second-order valence-corrected chi connectivity index (χ2v) is 5.28. The van der Waals surface area contributed by atoms with Gasteiger partial charge in [0.05, 0.1) is 0 Å². The zero-order valence-corrected chi connectivity index (χ0v) is 11.7. The SMILES string of the molecule is CCC(C)CC(CCl)c1ccccc1Br. The molecule has 0 N–H and O–H groups in total. The normalized spacial score (nSPS) is 14.9. The molecule has 0 nitrogen and oxygen atoms in total. The van der Waals surface area contributed by atoms with E-state index < -0.39 is 0 Å². The maximum absolute atomic E-state index is 6.05. The zero-order chi connectivity index (χ0) is 11.3. The van der Waals surface area contributed by atoms with Crippen molar-refractivity contribution in [2.24, 2.45) is 5.92 Å². The van der Waals surface area contributed by atoms with Crippen molar-refractivity contribution in [2.45, 2.75) is 32.6 Å². The lowest BCUT2D eigenvalue weighted by atomic mass is 9.90. The lowest BCUT2D eigenvalue weighted by molar-refractivity contribution is 0.473. The third kappa shape index (κ3) is 3.81. The van der Waals surface area contributed by atoms with Crippen molar-refractivity contribution in [1.82, 2.24) is 0 Å². The summed E-state index contributed by atoms with van der Waals surface area (Å²) in [4.78, 5) is 0. The molecule has 1 aromatic rings. The Morgan fingerprint density at radius 2 is 2.00 bits per heavy atom. The molecule has 0 aromatic heterocycles. The van der Waals surface area contributed by atoms with Crippen LogP contribution < -0.4 is 0 Å². The minimum absolute atomic E-state index is 0.470. The van der Waals surface area contributed by atoms with Gasteiger partial charge in [0.1, 0.15) is 0 Å². The van der Waals surface area contributed by atoms with E-state index in [0.717, 1.165) is 5.92 Å². The third-order valence-electron chi connectivity index (χ3n) is 2.92. The number of hydrogen-bond donors (Lipinski definition) is 0. The van der Waals surface area contributed by atoms with Gasteiger partial charge in [0.15, 0.2) is 0 Å². The van der Waals surface area contributed by atoms with E-state index in [-0.39, 0.29) is 0 Å². The van der Waals surface area contributed by atoms with Crippen LogP contribution in [0, 0.1) is 5.92 Å². The van der Waals surface area contributed by atoms with Crippen molar-refractivity contribution in [3.8, 4) is 0 Å². The van der Waals surface area contributed by atoms with Crippen molar-refractivity contribution in [2.75, 3.05) is 5.88 Å². The van der Waals surface area contributed by atoms with E-state index in [2.05, 4.69) is 48.0 Å². The van der Waals surface area contributed by atoms with Crippen LogP contribution in [0.1, 0.15) is 38.2 Å². The van der Waals surface area contributed by atoms with E-state index in [0.29, 0.717) is 11.8 Å². The van der Waals surface area contributed by atoms with Crippen molar-refractivity contribution in [3.05, 3.63) is 34.3 Å². The molecule has 1 aromatic carbocycles. The summed E-state index contributed by atoms with van der Waals surface area (Å²) in [7, 11) is 0. The number of rotatable bonds is 5. The summed E-state index contributed by atoms with van der Waals surface area (Å²) < 4.78 is 1.18. The number of halogens is 2. The largest absolute Gasteiger partial charge is 0.126 e. The maximum atomic E-state index is 6.05. The molecule has 1 rings (SSSR count). The van der Waals surface area contributed by atoms with Crippen LogP contribution in [0.3, 0.4) is 0 Å². The first kappa shape index (κ1) is 13.1. The summed E-state index contributed by atoms with van der Waals surface area (Å²) in [6.07, 6.45) is 2.39. The molecule has 0 spiro atoms. The Hall–Kier alpha value is -0.0100. The van der Waals surface area contributed by atoms with Crippen LogP contribution in [0.5, 0.6) is 0 Å². The highest BCUT2D eigenvalue weighted by atomic mass is 79.9. The number of benzene rings is 1. The molecule has 0 fully saturated rings. The van der Waals surface area contributed by atoms with Crippen LogP contribution in [0.4, 0.5) is 0 Å². The minimum Gasteiger partial charge on any atom is -0.126 e. The zero-order valence-electron chi connectivity index (χ0n) is 9.34. The van der Waals surface area contributed by atoms with E-state index >= 15 is 0 Å². The number of hydrogen-bond acceptors (Lipinski definition) is 0. The van der Waals surface area contributed by atoms with E-state index in [1.165, 1.54) is 22.9 Å². The topological polar surface area (TPSA) is 0 Å². The molecule has 0 aliphatic rings. The van der Waals surface area contributed by atoms with Crippen LogP contribution >= 0.6 is 27.5 Å². The molecule has 0 saturated carbocycles. The fraction of sp³-hybridized carbons (Fsp3) is 0.538. The van der Waals surface area contributed by atoms with Crippen molar-refractivity contribution in [3.63, 3.8) is 0 Å². The Labute approximate surface area is 106 Å². The quantitative estimate of drug-likeness (QED) is 0.653. The lowest BCUT2D eigenvalue weighted by Crippen LogP contribution is -2.06. The molecule has 2 unspecified atom stereocenters. The first-order valence-corrected chi connectivity index (χ1v) is 6.82. The summed E-state index contributed by atoms with van der Waals surface area (Å²) in [5, 5.41) is 0. The van der Waals surface area contributed by atoms with Gasteiger partial charge in [0.25, 0.3) is 0 Å². The molecule has 0 heterocycles. The van der Waals surface area contributed by atoms with Gasteiger partial charge in [-0.25, -0.2) is 0 Å². The van der Waals surface area contributed by atoms with E-state index in [9.17, 15) is 0 Å². The van der Waals surface area contributed by atoms with Crippen molar-refractivity contribution in [1.29, 1.82) is 0 Å². The molecule has 0 amide bonds. The molecule has 0 aliphatic heterocycles. The minimum atomic E-state index is 0.470. The molecule has 2 heteroatoms. The highest BCUT2D eigenvalue weighted by molar-refractivity contribution is 9.10. The maximum Gasteiger partial charge on any atom is 0.0292 e. The van der Waals surface area contributed by atoms with Gasteiger partial charge < -0.3 is 0 Å². The summed E-state index contributed by atoms with van der Waals surface area (Å²) in [6.45, 7) is 4.52. The summed E-state index contributed by atoms with van der Waals surface area (Å²) >= 11 is 9.65. The average molecular weight is 290 g/mol. The van der Waals surface area contributed by atoms with Crippen LogP contribution in [0.15, 0.2) is 28.7 Å². The van der Waals surface area contributed by atoms with E-state index in [1.54, 1.807) is 0 Å². The standard InChI is InChI=1S/C13H18BrCl/c1-3-10(2)8-11(9-15)12-6-4-5-7-13(12)14/h4-7,10-11H,3,8-9H2,1-2H3. The lowest BCUT2D eigenvalue weighted by Gasteiger charge is -2.19. The first-order valence-electron chi connectivity index (χ1n) is 5.49. The van der Waals surface area contributed by atoms with Crippen LogP contribution in [0.2, 0.25) is 0 Å². The van der Waals surface area contributed by atoms with Gasteiger partial charge in [-0.1, -0.05) is 54.4 Å². The number of alkyl halides is 1. The second kappa shape index (κ2) is 6.55. The third-order valence-corrected chi connectivity index (χ3v) is 4.01. The summed E-state index contributed by atoms with van der Waals surface area (Å²) in [6, 6.07) is 8.38. The van der Waals surface area contributed by atoms with Gasteiger partial charge in [-0.3, -0.25) is 0 Å². The van der Waals surface area contributed by atoms with Crippen molar-refractivity contribution < 1.29 is 0 Å². The van der Waals surface area contributed by atoms with Crippen LogP contribution in [0.25, 0.3) is 0 Å². The van der Waals surface area contributed by atoms with Gasteiger partial charge in [-0.15, -0.1) is 11.6 Å². The smallest absolute Gasteiger partial charge is 0.0292 e. The molecule has 15 heavy (non-hydrogen) atoms. The molecule has 84 valence electrons. The molecule has 0 bridgehead atoms. The second-order valence-electron chi connectivity index (χ2n) is 4.12. The Morgan fingerprint density at radius 1 is 1.33 bits per heavy atom. The molecular weight excluding hydrogens is 272 g/mol. The highest BCUT2D eigenvalue weighted by Crippen LogP contribution is 2.31. The van der Waals surface area contributed by atoms with E-state index in [1.807, 2.05) is 6.07 Å². The molecule has 0 aliphatic carbocycles. The van der Waals surface area contributed by atoms with E-state index in [4.69, 9.17) is 11.6 Å². The molecule has 0 saturated heterocycles. The average Bonchev–Trinajstić information content (AvgIpc) is 2.26. The Kier molecular flexibility index (Phi) is 5.70. The predicted molar refractivity (Wildman–Crippen MR) is 71.7 cm³/mol. The Bertz CT molecular complexity index is 298. The van der Waals surface area contributed by atoms with Crippen LogP contribution in [-0.2, 0) is 0 Å². The van der Waals surface area contributed by atoms with Gasteiger partial charge in [0.2, 0.25) is 0 Å². The van der Waals surface area contributed by atoms with Crippen molar-refractivity contribution >= 4 is 27.5 Å². The Balaban J connectivity index is 2.78. The highest BCUT2D eigenvalue weighted by Gasteiger charge is 2.15. The Morgan fingerprint density at radius 3 is 2.53 bits per heavy atom. The molecular formula is C13H18BrCl. The first-order chi connectivity index (χ1) is 7.19. The fourth-order valence-corrected chi connectivity index (χ4v) is 2.63. The summed E-state index contributed by atoms with van der Waals surface area (Å²) in [5.41, 5.74) is 1.34. The predicted octanol–water partition coefficient (Wildman–Crippen LogP) is 5.21. The van der Waals surface area contributed by atoms with Crippen LogP contribution in [-0.4, -0.2) is 5.88 Å². The van der Waals surface area contributed by atoms with Gasteiger partial charge >= 0.3 is 0 Å². The van der Waals surface area contributed by atoms with Gasteiger partial charge in [-0.2, -0.15) is 0 Å². The molecule has 0 radical (unpaired) electrons. The molecule has 2 atom stereocenters. The fourth-order valence-electron chi connectivity index (χ4n) is 1.73. The van der Waals surface area contributed by atoms with Gasteiger partial charge in [0, 0.05) is 10.4 Å². The monoisotopic (exact) mass is 288 g/mol. The van der Waals surface area contributed by atoms with Gasteiger partial charge in [-0.05, 0) is 29.9 Å². The summed E-state index contributed by atoms with van der Waals surface area (Å²) in [5.74, 6) is 1.91.